The Hall–Kier alpha value is -4.08. The SMILES string of the molecule is CCOc1ccc(-c2cc(Cl)ccc2S(=O)(=O)S(=O)(=O)c2ccc(Cl)cc2-c2ccc(OCC)c3ccccc23)c2ccccc12. The standard InChI is InChI=1S/C36H28Cl2O6S2/c1-3-43-33-17-15-27(25-9-5-7-11-29(25)33)31-21-23(37)13-19-35(31)45(39,40)46(41,42)36-20-14-24(38)22-32(36)28-16-18-34(44-4-2)30-12-8-6-10-26(28)30/h5-22H,3-4H2,1-2H3. The zero-order chi connectivity index (χ0) is 32.6. The van der Waals surface area contributed by atoms with Crippen molar-refractivity contribution >= 4 is 62.5 Å². The van der Waals surface area contributed by atoms with Crippen LogP contribution in [-0.2, 0) is 17.7 Å². The van der Waals surface area contributed by atoms with Crippen LogP contribution in [-0.4, -0.2) is 30.0 Å². The molecule has 0 heterocycles. The first-order chi connectivity index (χ1) is 22.1. The highest BCUT2D eigenvalue weighted by Gasteiger charge is 2.38. The Balaban J connectivity index is 1.58. The molecule has 234 valence electrons. The van der Waals surface area contributed by atoms with Gasteiger partial charge >= 0.3 is 0 Å². The van der Waals surface area contributed by atoms with Crippen LogP contribution in [0.5, 0.6) is 11.5 Å². The molecule has 10 heteroatoms. The van der Waals surface area contributed by atoms with Crippen molar-refractivity contribution in [3.05, 3.63) is 119 Å². The maximum Gasteiger partial charge on any atom is 0.287 e. The summed E-state index contributed by atoms with van der Waals surface area (Å²) < 4.78 is 69.3. The highest BCUT2D eigenvalue weighted by atomic mass is 35.5. The van der Waals surface area contributed by atoms with Gasteiger partial charge in [-0.15, -0.1) is 0 Å². The predicted octanol–water partition coefficient (Wildman–Crippen LogP) is 9.59. The fourth-order valence-electron chi connectivity index (χ4n) is 5.67. The second-order valence-electron chi connectivity index (χ2n) is 10.4. The van der Waals surface area contributed by atoms with Gasteiger partial charge in [0.15, 0.2) is 0 Å². The molecule has 0 aliphatic heterocycles. The van der Waals surface area contributed by atoms with Crippen LogP contribution in [0.3, 0.4) is 0 Å². The molecule has 0 bridgehead atoms. The molecule has 0 radical (unpaired) electrons. The van der Waals surface area contributed by atoms with Crippen molar-refractivity contribution < 1.29 is 26.3 Å². The first-order valence-corrected chi connectivity index (χ1v) is 18.7. The van der Waals surface area contributed by atoms with Gasteiger partial charge in [0.05, 0.1) is 23.0 Å². The van der Waals surface area contributed by atoms with Gasteiger partial charge in [-0.3, -0.25) is 0 Å². The summed E-state index contributed by atoms with van der Waals surface area (Å²) >= 11 is 12.8. The van der Waals surface area contributed by atoms with Crippen LogP contribution in [0.4, 0.5) is 0 Å². The van der Waals surface area contributed by atoms with E-state index >= 15 is 0 Å². The summed E-state index contributed by atoms with van der Waals surface area (Å²) in [7, 11) is -10.1. The van der Waals surface area contributed by atoms with Crippen molar-refractivity contribution in [3.63, 3.8) is 0 Å². The Kier molecular flexibility index (Phi) is 8.74. The lowest BCUT2D eigenvalue weighted by molar-refractivity contribution is 0.344. The summed E-state index contributed by atoms with van der Waals surface area (Å²) in [5, 5.41) is 3.34. The molecule has 0 aliphatic rings. The Morgan fingerprint density at radius 2 is 0.848 bits per heavy atom. The zero-order valence-electron chi connectivity index (χ0n) is 24.8. The molecule has 46 heavy (non-hydrogen) atoms. The fourth-order valence-corrected chi connectivity index (χ4v) is 10.1. The van der Waals surface area contributed by atoms with Gasteiger partial charge in [0.25, 0.3) is 17.7 Å². The average molecular weight is 692 g/mol. The summed E-state index contributed by atoms with van der Waals surface area (Å²) in [6.07, 6.45) is 0. The van der Waals surface area contributed by atoms with E-state index in [4.69, 9.17) is 32.7 Å². The summed E-state index contributed by atoms with van der Waals surface area (Å²) in [4.78, 5) is -0.799. The van der Waals surface area contributed by atoms with Crippen LogP contribution >= 0.6 is 23.2 Å². The van der Waals surface area contributed by atoms with Crippen molar-refractivity contribution in [2.24, 2.45) is 0 Å². The zero-order valence-corrected chi connectivity index (χ0v) is 28.0. The largest absolute Gasteiger partial charge is 0.493 e. The van der Waals surface area contributed by atoms with E-state index in [1.165, 1.54) is 36.4 Å². The molecule has 0 aliphatic carbocycles. The lowest BCUT2D eigenvalue weighted by atomic mass is 9.97. The maximum atomic E-state index is 14.4. The fraction of sp³-hybridized carbons (Fsp3) is 0.111. The second kappa shape index (κ2) is 12.6. The van der Waals surface area contributed by atoms with Gasteiger partial charge in [-0.1, -0.05) is 83.9 Å². The van der Waals surface area contributed by atoms with Crippen LogP contribution in [0.1, 0.15) is 13.8 Å². The summed E-state index contributed by atoms with van der Waals surface area (Å²) in [6.45, 7) is 4.61. The molecule has 6 aromatic rings. The van der Waals surface area contributed by atoms with Crippen molar-refractivity contribution in [3.8, 4) is 33.8 Å². The molecule has 0 N–H and O–H groups in total. The minimum atomic E-state index is -5.07. The number of rotatable bonds is 9. The number of halogens is 2. The second-order valence-corrected chi connectivity index (χ2v) is 16.6. The van der Waals surface area contributed by atoms with Gasteiger partial charge in [-0.05, 0) is 84.3 Å². The van der Waals surface area contributed by atoms with Crippen molar-refractivity contribution in [1.29, 1.82) is 0 Å². The first kappa shape index (κ1) is 31.9. The van der Waals surface area contributed by atoms with Crippen LogP contribution in [0.15, 0.2) is 119 Å². The van der Waals surface area contributed by atoms with Gasteiger partial charge in [0, 0.05) is 31.9 Å². The Labute approximate surface area is 277 Å². The van der Waals surface area contributed by atoms with Gasteiger partial charge in [-0.2, -0.15) is 0 Å². The van der Waals surface area contributed by atoms with E-state index in [0.29, 0.717) is 46.6 Å². The van der Waals surface area contributed by atoms with Gasteiger partial charge < -0.3 is 9.47 Å². The van der Waals surface area contributed by atoms with Gasteiger partial charge in [0.2, 0.25) is 0 Å². The summed E-state index contributed by atoms with van der Waals surface area (Å²) in [5.41, 5.74) is 1.28. The van der Waals surface area contributed by atoms with Crippen molar-refractivity contribution in [1.82, 2.24) is 0 Å². The predicted molar refractivity (Wildman–Crippen MR) is 185 cm³/mol. The smallest absolute Gasteiger partial charge is 0.287 e. The Bertz CT molecular complexity index is 2190. The van der Waals surface area contributed by atoms with Crippen molar-refractivity contribution in [2.75, 3.05) is 13.2 Å². The maximum absolute atomic E-state index is 14.4. The van der Waals surface area contributed by atoms with E-state index in [0.717, 1.165) is 10.8 Å². The molecule has 0 saturated heterocycles. The molecule has 0 spiro atoms. The number of hydrogen-bond donors (Lipinski definition) is 0. The molecule has 0 unspecified atom stereocenters. The van der Waals surface area contributed by atoms with E-state index < -0.39 is 27.5 Å². The highest BCUT2D eigenvalue weighted by molar-refractivity contribution is 8.67. The third-order valence-corrected chi connectivity index (χ3v) is 13.3. The van der Waals surface area contributed by atoms with E-state index in [1.54, 1.807) is 24.3 Å². The molecule has 0 atom stereocenters. The third-order valence-electron chi connectivity index (χ3n) is 7.66. The monoisotopic (exact) mass is 690 g/mol. The molecule has 0 amide bonds. The normalized spacial score (nSPS) is 12.0. The quantitative estimate of drug-likeness (QED) is 0.140. The van der Waals surface area contributed by atoms with E-state index in [-0.39, 0.29) is 21.2 Å². The number of hydrogen-bond acceptors (Lipinski definition) is 6. The molecular weight excluding hydrogens is 663 g/mol. The lowest BCUT2D eigenvalue weighted by Gasteiger charge is -2.18. The molecule has 0 saturated carbocycles. The van der Waals surface area contributed by atoms with Crippen LogP contribution in [0.2, 0.25) is 10.0 Å². The van der Waals surface area contributed by atoms with Gasteiger partial charge in [-0.25, -0.2) is 16.8 Å². The molecular formula is C36H28Cl2O6S2. The van der Waals surface area contributed by atoms with E-state index in [1.807, 2.05) is 62.4 Å². The van der Waals surface area contributed by atoms with Crippen LogP contribution < -0.4 is 9.47 Å². The molecule has 6 aromatic carbocycles. The van der Waals surface area contributed by atoms with E-state index in [9.17, 15) is 16.8 Å². The Morgan fingerprint density at radius 1 is 0.478 bits per heavy atom. The molecule has 6 nitrogen and oxygen atoms in total. The molecule has 0 aromatic heterocycles. The number of fused-ring (bicyclic) bond motifs is 2. The van der Waals surface area contributed by atoms with E-state index in [2.05, 4.69) is 0 Å². The minimum Gasteiger partial charge on any atom is -0.493 e. The third kappa shape index (κ3) is 5.49. The van der Waals surface area contributed by atoms with Gasteiger partial charge in [0.1, 0.15) is 11.5 Å². The first-order valence-electron chi connectivity index (χ1n) is 14.5. The molecule has 0 fully saturated rings. The summed E-state index contributed by atoms with van der Waals surface area (Å²) in [6, 6.07) is 29.7. The lowest BCUT2D eigenvalue weighted by Crippen LogP contribution is -2.18. The Morgan fingerprint density at radius 3 is 1.22 bits per heavy atom. The summed E-state index contributed by atoms with van der Waals surface area (Å²) in [5.74, 6) is 1.24. The minimum absolute atomic E-state index is 0.150. The van der Waals surface area contributed by atoms with Crippen LogP contribution in [0.25, 0.3) is 43.8 Å². The average Bonchev–Trinajstić information content (AvgIpc) is 3.05. The number of ether oxygens (including phenoxy) is 2. The topological polar surface area (TPSA) is 86.7 Å². The van der Waals surface area contributed by atoms with Crippen molar-refractivity contribution in [2.45, 2.75) is 23.6 Å². The highest BCUT2D eigenvalue weighted by Crippen LogP contribution is 2.43. The molecule has 6 rings (SSSR count). The number of benzene rings is 6. The van der Waals surface area contributed by atoms with Crippen LogP contribution in [0, 0.1) is 0 Å².